The Labute approximate surface area is 174 Å². The second-order valence-corrected chi connectivity index (χ2v) is 7.88. The lowest BCUT2D eigenvalue weighted by atomic mass is 9.90. The highest BCUT2D eigenvalue weighted by Gasteiger charge is 2.51. The molecule has 0 spiro atoms. The lowest BCUT2D eigenvalue weighted by Gasteiger charge is -2.21. The number of amides is 1. The van der Waals surface area contributed by atoms with Gasteiger partial charge in [-0.2, -0.15) is 0 Å². The number of carbonyl (C=O) groups is 2. The van der Waals surface area contributed by atoms with Crippen molar-refractivity contribution in [2.24, 2.45) is 0 Å². The Morgan fingerprint density at radius 3 is 2.39 bits per heavy atom. The number of nitrogens with one attached hydrogen (secondary N) is 2. The summed E-state index contributed by atoms with van der Waals surface area (Å²) in [6, 6.07) is 10.5. The minimum absolute atomic E-state index is 0.0539. The molecule has 28 heavy (non-hydrogen) atoms. The Kier molecular flexibility index (Phi) is 5.82. The predicted molar refractivity (Wildman–Crippen MR) is 113 cm³/mol. The molecule has 2 aromatic carbocycles. The molecule has 3 rings (SSSR count). The van der Waals surface area contributed by atoms with Crippen LogP contribution in [0.2, 0.25) is 10.0 Å². The fourth-order valence-electron chi connectivity index (χ4n) is 3.37. The van der Waals surface area contributed by atoms with Crippen molar-refractivity contribution >= 4 is 54.2 Å². The van der Waals surface area contributed by atoms with Gasteiger partial charge in [0.2, 0.25) is 0 Å². The SMILES string of the molecule is Bc1ccc(CCC(=O)O)c(C(=O)NC(=N)C2(c3c(Cl)cccc3Cl)CC2)c1. The van der Waals surface area contributed by atoms with Gasteiger partial charge in [0.05, 0.1) is 5.41 Å². The van der Waals surface area contributed by atoms with Gasteiger partial charge in [-0.15, -0.1) is 0 Å². The number of hydrogen-bond acceptors (Lipinski definition) is 3. The predicted octanol–water partition coefficient (Wildman–Crippen LogP) is 2.71. The van der Waals surface area contributed by atoms with Crippen LogP contribution in [0.3, 0.4) is 0 Å². The van der Waals surface area contributed by atoms with Gasteiger partial charge in [0, 0.05) is 27.6 Å². The first kappa shape index (κ1) is 20.4. The van der Waals surface area contributed by atoms with E-state index in [4.69, 9.17) is 33.7 Å². The molecule has 0 atom stereocenters. The monoisotopic (exact) mass is 416 g/mol. The van der Waals surface area contributed by atoms with Crippen LogP contribution in [-0.4, -0.2) is 30.7 Å². The van der Waals surface area contributed by atoms with Gasteiger partial charge in [-0.3, -0.25) is 15.0 Å². The molecule has 0 saturated heterocycles. The van der Waals surface area contributed by atoms with Gasteiger partial charge in [-0.1, -0.05) is 52.9 Å². The average Bonchev–Trinajstić information content (AvgIpc) is 3.42. The molecule has 8 heteroatoms. The van der Waals surface area contributed by atoms with Gasteiger partial charge in [-0.05, 0) is 37.0 Å². The van der Waals surface area contributed by atoms with E-state index in [9.17, 15) is 9.59 Å². The van der Waals surface area contributed by atoms with Gasteiger partial charge >= 0.3 is 5.97 Å². The van der Waals surface area contributed by atoms with Gasteiger partial charge in [0.15, 0.2) is 0 Å². The second kappa shape index (κ2) is 7.98. The molecule has 0 radical (unpaired) electrons. The highest BCUT2D eigenvalue weighted by atomic mass is 35.5. The number of hydrogen-bond donors (Lipinski definition) is 3. The van der Waals surface area contributed by atoms with Crippen molar-refractivity contribution in [2.45, 2.75) is 31.1 Å². The van der Waals surface area contributed by atoms with Crippen LogP contribution in [0, 0.1) is 5.41 Å². The largest absolute Gasteiger partial charge is 0.481 e. The Bertz CT molecular complexity index is 954. The third-order valence-electron chi connectivity index (χ3n) is 5.03. The Hall–Kier alpha value is -2.31. The summed E-state index contributed by atoms with van der Waals surface area (Å²) in [5.41, 5.74) is 1.88. The molecule has 1 amide bonds. The summed E-state index contributed by atoms with van der Waals surface area (Å²) in [5.74, 6) is -1.30. The number of benzene rings is 2. The summed E-state index contributed by atoms with van der Waals surface area (Å²) in [6.45, 7) is 0. The molecule has 0 aromatic heterocycles. The van der Waals surface area contributed by atoms with E-state index in [0.717, 1.165) is 5.46 Å². The smallest absolute Gasteiger partial charge is 0.303 e. The zero-order chi connectivity index (χ0) is 20.5. The summed E-state index contributed by atoms with van der Waals surface area (Å²) >= 11 is 12.6. The lowest BCUT2D eigenvalue weighted by Crippen LogP contribution is -2.39. The molecule has 0 bridgehead atoms. The van der Waals surface area contributed by atoms with Gasteiger partial charge < -0.3 is 10.4 Å². The number of amidine groups is 1. The van der Waals surface area contributed by atoms with Crippen molar-refractivity contribution < 1.29 is 14.7 Å². The van der Waals surface area contributed by atoms with E-state index in [-0.39, 0.29) is 18.7 Å². The van der Waals surface area contributed by atoms with E-state index in [1.165, 1.54) is 0 Å². The van der Waals surface area contributed by atoms with E-state index >= 15 is 0 Å². The molecule has 1 fully saturated rings. The van der Waals surface area contributed by atoms with Crippen LogP contribution in [0.25, 0.3) is 0 Å². The van der Waals surface area contributed by atoms with Gasteiger partial charge in [0.1, 0.15) is 13.7 Å². The molecule has 0 heterocycles. The zero-order valence-electron chi connectivity index (χ0n) is 15.3. The molecule has 1 saturated carbocycles. The van der Waals surface area contributed by atoms with Crippen molar-refractivity contribution in [1.29, 1.82) is 5.41 Å². The topological polar surface area (TPSA) is 90.2 Å². The average molecular weight is 417 g/mol. The Balaban J connectivity index is 1.85. The summed E-state index contributed by atoms with van der Waals surface area (Å²) < 4.78 is 0. The highest BCUT2D eigenvalue weighted by Crippen LogP contribution is 2.53. The highest BCUT2D eigenvalue weighted by molar-refractivity contribution is 6.37. The minimum atomic E-state index is -0.926. The van der Waals surface area contributed by atoms with Crippen LogP contribution < -0.4 is 10.8 Å². The van der Waals surface area contributed by atoms with Gasteiger partial charge in [0.25, 0.3) is 5.91 Å². The summed E-state index contributed by atoms with van der Waals surface area (Å²) in [4.78, 5) is 23.8. The van der Waals surface area contributed by atoms with Crippen LogP contribution in [0.5, 0.6) is 0 Å². The van der Waals surface area contributed by atoms with Crippen LogP contribution in [0.1, 0.15) is 40.7 Å². The third-order valence-corrected chi connectivity index (χ3v) is 5.66. The van der Waals surface area contributed by atoms with Gasteiger partial charge in [-0.25, -0.2) is 0 Å². The summed E-state index contributed by atoms with van der Waals surface area (Å²) in [5, 5.41) is 21.1. The molecular weight excluding hydrogens is 398 g/mol. The van der Waals surface area contributed by atoms with Crippen molar-refractivity contribution in [2.75, 3.05) is 0 Å². The number of rotatable bonds is 6. The van der Waals surface area contributed by atoms with E-state index in [0.29, 0.717) is 39.6 Å². The molecule has 3 N–H and O–H groups in total. The molecule has 0 unspecified atom stereocenters. The first-order valence-electron chi connectivity index (χ1n) is 8.91. The molecule has 0 aliphatic heterocycles. The third kappa shape index (κ3) is 4.08. The van der Waals surface area contributed by atoms with Crippen LogP contribution in [-0.2, 0) is 16.6 Å². The number of halogens is 2. The number of carbonyl (C=O) groups excluding carboxylic acids is 1. The Morgan fingerprint density at radius 2 is 1.82 bits per heavy atom. The first-order valence-corrected chi connectivity index (χ1v) is 9.66. The normalized spacial score (nSPS) is 14.4. The second-order valence-electron chi connectivity index (χ2n) is 7.06. The standard InChI is InChI=1S/C20H19BCl2N2O3/c21-12-6-4-11(5-7-16(26)27)13(10-12)18(28)25-19(24)20(8-9-20)17-14(22)2-1-3-15(17)23/h1-4,6,10H,5,7-9,21H2,(H,26,27)(H2,24,25,28). The lowest BCUT2D eigenvalue weighted by molar-refractivity contribution is -0.136. The Morgan fingerprint density at radius 1 is 1.18 bits per heavy atom. The molecule has 5 nitrogen and oxygen atoms in total. The van der Waals surface area contributed by atoms with E-state index in [2.05, 4.69) is 5.32 Å². The van der Waals surface area contributed by atoms with Crippen LogP contribution in [0.4, 0.5) is 0 Å². The molecular formula is C20H19BCl2N2O3. The fourth-order valence-corrected chi connectivity index (χ4v) is 4.13. The molecule has 1 aliphatic carbocycles. The first-order chi connectivity index (χ1) is 13.2. The van der Waals surface area contributed by atoms with Crippen molar-refractivity contribution in [3.8, 4) is 0 Å². The summed E-state index contributed by atoms with van der Waals surface area (Å²) in [6.07, 6.45) is 1.53. The maximum absolute atomic E-state index is 12.9. The minimum Gasteiger partial charge on any atom is -0.481 e. The number of carboxylic acid groups (broad SMARTS) is 1. The number of carboxylic acids is 1. The maximum Gasteiger partial charge on any atom is 0.303 e. The number of aryl methyl sites for hydroxylation is 1. The van der Waals surface area contributed by atoms with Crippen molar-refractivity contribution in [3.05, 3.63) is 63.1 Å². The van der Waals surface area contributed by atoms with Crippen LogP contribution in [0.15, 0.2) is 36.4 Å². The van der Waals surface area contributed by atoms with E-state index < -0.39 is 17.3 Å². The summed E-state index contributed by atoms with van der Waals surface area (Å²) in [7, 11) is 1.86. The molecule has 144 valence electrons. The van der Waals surface area contributed by atoms with Crippen molar-refractivity contribution in [3.63, 3.8) is 0 Å². The van der Waals surface area contributed by atoms with E-state index in [1.807, 2.05) is 13.9 Å². The fraction of sp³-hybridized carbons (Fsp3) is 0.250. The maximum atomic E-state index is 12.9. The van der Waals surface area contributed by atoms with E-state index in [1.54, 1.807) is 30.3 Å². The zero-order valence-corrected chi connectivity index (χ0v) is 16.8. The number of aliphatic carboxylic acids is 1. The molecule has 1 aliphatic rings. The molecule has 2 aromatic rings. The van der Waals surface area contributed by atoms with Crippen molar-refractivity contribution in [1.82, 2.24) is 5.32 Å². The quantitative estimate of drug-likeness (QED) is 0.384. The van der Waals surface area contributed by atoms with Crippen LogP contribution >= 0.6 is 23.2 Å².